The fraction of sp³-hybridized carbons (Fsp3) is 0.714. The van der Waals surface area contributed by atoms with Crippen molar-refractivity contribution in [3.63, 3.8) is 0 Å². The first-order valence-electron chi connectivity index (χ1n) is 7.39. The molecule has 1 fully saturated rings. The van der Waals surface area contributed by atoms with Crippen LogP contribution < -0.4 is 5.32 Å². The Kier molecular flexibility index (Phi) is 5.18. The minimum Gasteiger partial charge on any atom is -0.444 e. The summed E-state index contributed by atoms with van der Waals surface area (Å²) in [6, 6.07) is -0.376. The number of rotatable bonds is 3. The highest BCUT2D eigenvalue weighted by Gasteiger charge is 2.44. The third kappa shape index (κ3) is 4.37. The Morgan fingerprint density at radius 3 is 2.52 bits per heavy atom. The van der Waals surface area contributed by atoms with Gasteiger partial charge >= 0.3 is 12.2 Å². The molecule has 0 bridgehead atoms. The predicted molar refractivity (Wildman–Crippen MR) is 74.6 cm³/mol. The number of aromatic nitrogens is 1. The molecule has 0 unspecified atom stereocenters. The number of halogens is 3. The largest absolute Gasteiger partial charge is 0.444 e. The summed E-state index contributed by atoms with van der Waals surface area (Å²) >= 11 is 0. The summed E-state index contributed by atoms with van der Waals surface area (Å²) < 4.78 is 42.8. The lowest BCUT2D eigenvalue weighted by Gasteiger charge is -2.34. The quantitative estimate of drug-likeness (QED) is 0.887. The van der Waals surface area contributed by atoms with Crippen LogP contribution in [0.3, 0.4) is 0 Å². The van der Waals surface area contributed by atoms with E-state index in [9.17, 15) is 23.1 Å². The number of oxazole rings is 1. The van der Waals surface area contributed by atoms with Crippen molar-refractivity contribution in [2.45, 2.75) is 45.5 Å². The summed E-state index contributed by atoms with van der Waals surface area (Å²) in [5.74, 6) is 0.197. The number of aliphatic hydroxyl groups is 1. The van der Waals surface area contributed by atoms with Crippen LogP contribution >= 0.6 is 0 Å². The van der Waals surface area contributed by atoms with Gasteiger partial charge < -0.3 is 19.7 Å². The molecule has 1 aromatic heterocycles. The molecule has 0 radical (unpaired) electrons. The van der Waals surface area contributed by atoms with Crippen LogP contribution in [-0.2, 0) is 6.54 Å². The van der Waals surface area contributed by atoms with Crippen molar-refractivity contribution in [3.8, 4) is 0 Å². The molecule has 1 saturated heterocycles. The van der Waals surface area contributed by atoms with Crippen molar-refractivity contribution in [3.05, 3.63) is 17.3 Å². The second-order valence-electron chi connectivity index (χ2n) is 5.72. The zero-order chi connectivity index (χ0) is 17.2. The van der Waals surface area contributed by atoms with Crippen molar-refractivity contribution >= 4 is 6.03 Å². The molecule has 1 atom stereocenters. The number of carbonyl (C=O) groups is 1. The number of alkyl halides is 3. The van der Waals surface area contributed by atoms with E-state index < -0.39 is 18.2 Å². The molecule has 0 aromatic carbocycles. The zero-order valence-corrected chi connectivity index (χ0v) is 13.0. The molecule has 23 heavy (non-hydrogen) atoms. The molecule has 0 aliphatic carbocycles. The Morgan fingerprint density at radius 2 is 2.04 bits per heavy atom. The molecule has 0 spiro atoms. The van der Waals surface area contributed by atoms with Gasteiger partial charge in [-0.1, -0.05) is 0 Å². The van der Waals surface area contributed by atoms with Gasteiger partial charge in [0, 0.05) is 13.1 Å². The van der Waals surface area contributed by atoms with Crippen LogP contribution in [0.25, 0.3) is 0 Å². The van der Waals surface area contributed by atoms with Gasteiger partial charge in [-0.2, -0.15) is 13.2 Å². The Hall–Kier alpha value is -1.77. The molecule has 9 heteroatoms. The maximum absolute atomic E-state index is 12.5. The summed E-state index contributed by atoms with van der Waals surface area (Å²) in [5.41, 5.74) is 0.746. The lowest BCUT2D eigenvalue weighted by Crippen LogP contribution is -2.48. The van der Waals surface area contributed by atoms with Crippen LogP contribution in [0, 0.1) is 19.8 Å². The number of hydrogen-bond acceptors (Lipinski definition) is 4. The van der Waals surface area contributed by atoms with Crippen molar-refractivity contribution in [1.29, 1.82) is 0 Å². The van der Waals surface area contributed by atoms with Gasteiger partial charge in [0.1, 0.15) is 5.76 Å². The number of amides is 2. The van der Waals surface area contributed by atoms with E-state index in [0.717, 1.165) is 5.69 Å². The van der Waals surface area contributed by atoms with Crippen molar-refractivity contribution in [1.82, 2.24) is 15.2 Å². The standard InChI is InChI=1S/C14H20F3N3O3/c1-8-9(2)23-11(19-8)7-18-13(22)20-5-3-10(4-6-20)12(21)14(15,16)17/h10,12,21H,3-7H2,1-2H3,(H,18,22)/t12-/m0/s1. The van der Waals surface area contributed by atoms with Crippen LogP contribution in [0.2, 0.25) is 0 Å². The van der Waals surface area contributed by atoms with Gasteiger partial charge in [-0.3, -0.25) is 0 Å². The number of carbonyl (C=O) groups excluding carboxylic acids is 1. The number of urea groups is 1. The van der Waals surface area contributed by atoms with E-state index in [4.69, 9.17) is 4.42 Å². The van der Waals surface area contributed by atoms with Gasteiger partial charge in [-0.15, -0.1) is 0 Å². The molecule has 130 valence electrons. The second-order valence-corrected chi connectivity index (χ2v) is 5.72. The Bertz CT molecular complexity index is 532. The Labute approximate surface area is 131 Å². The minimum absolute atomic E-state index is 0.116. The number of aryl methyl sites for hydroxylation is 2. The molecule has 2 amide bonds. The van der Waals surface area contributed by atoms with Gasteiger partial charge in [-0.25, -0.2) is 9.78 Å². The van der Waals surface area contributed by atoms with Crippen LogP contribution in [0.4, 0.5) is 18.0 Å². The topological polar surface area (TPSA) is 78.6 Å². The molecular formula is C14H20F3N3O3. The van der Waals surface area contributed by atoms with E-state index in [1.54, 1.807) is 13.8 Å². The van der Waals surface area contributed by atoms with E-state index >= 15 is 0 Å². The summed E-state index contributed by atoms with van der Waals surface area (Å²) in [4.78, 5) is 17.6. The van der Waals surface area contributed by atoms with Crippen LogP contribution in [0.15, 0.2) is 4.42 Å². The molecule has 0 saturated carbocycles. The lowest BCUT2D eigenvalue weighted by molar-refractivity contribution is -0.222. The maximum Gasteiger partial charge on any atom is 0.414 e. The van der Waals surface area contributed by atoms with E-state index in [1.807, 2.05) is 0 Å². The van der Waals surface area contributed by atoms with Gasteiger partial charge in [0.15, 0.2) is 6.10 Å². The van der Waals surface area contributed by atoms with Gasteiger partial charge in [0.2, 0.25) is 5.89 Å². The van der Waals surface area contributed by atoms with Crippen molar-refractivity contribution in [2.75, 3.05) is 13.1 Å². The van der Waals surface area contributed by atoms with E-state index in [2.05, 4.69) is 10.3 Å². The maximum atomic E-state index is 12.5. The summed E-state index contributed by atoms with van der Waals surface area (Å²) in [5, 5.41) is 11.9. The van der Waals surface area contributed by atoms with Gasteiger partial charge in [0.05, 0.1) is 12.2 Å². The average molecular weight is 335 g/mol. The van der Waals surface area contributed by atoms with Gasteiger partial charge in [0.25, 0.3) is 0 Å². The number of hydrogen-bond donors (Lipinski definition) is 2. The van der Waals surface area contributed by atoms with E-state index in [-0.39, 0.29) is 38.5 Å². The van der Waals surface area contributed by atoms with E-state index in [0.29, 0.717) is 11.7 Å². The molecule has 6 nitrogen and oxygen atoms in total. The SMILES string of the molecule is Cc1nc(CNC(=O)N2CCC([C@H](O)C(F)(F)F)CC2)oc1C. The second kappa shape index (κ2) is 6.77. The van der Waals surface area contributed by atoms with Gasteiger partial charge in [-0.05, 0) is 32.6 Å². The normalized spacial score (nSPS) is 18.1. The fourth-order valence-electron chi connectivity index (χ4n) is 2.56. The molecule has 1 aliphatic rings. The van der Waals surface area contributed by atoms with Crippen LogP contribution in [0.1, 0.15) is 30.2 Å². The van der Waals surface area contributed by atoms with Crippen LogP contribution in [0.5, 0.6) is 0 Å². The highest BCUT2D eigenvalue weighted by molar-refractivity contribution is 5.74. The first kappa shape index (κ1) is 17.6. The highest BCUT2D eigenvalue weighted by atomic mass is 19.4. The van der Waals surface area contributed by atoms with Crippen molar-refractivity contribution < 1.29 is 27.5 Å². The Balaban J connectivity index is 1.79. The van der Waals surface area contributed by atoms with E-state index in [1.165, 1.54) is 4.90 Å². The summed E-state index contributed by atoms with van der Waals surface area (Å²) in [7, 11) is 0. The number of nitrogens with one attached hydrogen (secondary N) is 1. The number of aliphatic hydroxyl groups excluding tert-OH is 1. The van der Waals surface area contributed by atoms with Crippen molar-refractivity contribution in [2.24, 2.45) is 5.92 Å². The molecule has 2 heterocycles. The number of likely N-dealkylation sites (tertiary alicyclic amines) is 1. The third-order valence-corrected chi connectivity index (χ3v) is 4.07. The smallest absolute Gasteiger partial charge is 0.414 e. The van der Waals surface area contributed by atoms with Crippen LogP contribution in [-0.4, -0.2) is 46.4 Å². The Morgan fingerprint density at radius 1 is 1.43 bits per heavy atom. The first-order chi connectivity index (χ1) is 10.7. The molecule has 1 aromatic rings. The average Bonchev–Trinajstić information content (AvgIpc) is 2.82. The first-order valence-corrected chi connectivity index (χ1v) is 7.39. The number of nitrogens with zero attached hydrogens (tertiary/aromatic N) is 2. The highest BCUT2D eigenvalue weighted by Crippen LogP contribution is 2.31. The predicted octanol–water partition coefficient (Wildman–Crippen LogP) is 2.14. The summed E-state index contributed by atoms with van der Waals surface area (Å²) in [6.07, 6.45) is -6.71. The molecule has 2 N–H and O–H groups in total. The summed E-state index contributed by atoms with van der Waals surface area (Å²) in [6.45, 7) is 4.03. The zero-order valence-electron chi connectivity index (χ0n) is 13.0. The fourth-order valence-corrected chi connectivity index (χ4v) is 2.56. The molecule has 2 rings (SSSR count). The molecule has 1 aliphatic heterocycles. The number of piperidine rings is 1. The monoisotopic (exact) mass is 335 g/mol. The molecular weight excluding hydrogens is 315 g/mol. The third-order valence-electron chi connectivity index (χ3n) is 4.07. The minimum atomic E-state index is -4.62. The lowest BCUT2D eigenvalue weighted by atomic mass is 9.91.